The number of methoxy groups -OCH3 is 1. The number of halogens is 2. The minimum absolute atomic E-state index is 0.518. The summed E-state index contributed by atoms with van der Waals surface area (Å²) in [6.07, 6.45) is 1.45. The Hall–Kier alpha value is -2.39. The van der Waals surface area contributed by atoms with Gasteiger partial charge in [0.2, 0.25) is 5.95 Å². The minimum Gasteiger partial charge on any atom is -0.495 e. The van der Waals surface area contributed by atoms with E-state index in [9.17, 15) is 4.39 Å². The number of ether oxygens (including phenoxy) is 1. The lowest BCUT2D eigenvalue weighted by atomic mass is 9.95. The number of aromatic nitrogens is 1. The Labute approximate surface area is 139 Å². The van der Waals surface area contributed by atoms with Gasteiger partial charge in [0.1, 0.15) is 5.75 Å². The van der Waals surface area contributed by atoms with E-state index in [1.165, 1.54) is 12.3 Å². The molecule has 0 atom stereocenters. The average molecular weight is 328 g/mol. The van der Waals surface area contributed by atoms with Gasteiger partial charge in [-0.05, 0) is 53.9 Å². The zero-order valence-corrected chi connectivity index (χ0v) is 13.6. The molecule has 116 valence electrons. The highest BCUT2D eigenvalue weighted by Gasteiger charge is 2.15. The molecule has 0 saturated carbocycles. The molecule has 3 rings (SSSR count). The van der Waals surface area contributed by atoms with E-state index in [0.717, 1.165) is 27.8 Å². The van der Waals surface area contributed by atoms with Gasteiger partial charge in [-0.15, -0.1) is 0 Å². The summed E-state index contributed by atoms with van der Waals surface area (Å²) in [6, 6.07) is 14.8. The van der Waals surface area contributed by atoms with Crippen molar-refractivity contribution < 1.29 is 9.13 Å². The second-order valence-corrected chi connectivity index (χ2v) is 5.71. The summed E-state index contributed by atoms with van der Waals surface area (Å²) < 4.78 is 19.1. The second kappa shape index (κ2) is 6.39. The fraction of sp³-hybridized carbons (Fsp3) is 0.105. The molecule has 1 heterocycles. The normalized spacial score (nSPS) is 10.6. The molecule has 23 heavy (non-hydrogen) atoms. The van der Waals surface area contributed by atoms with Crippen LogP contribution in [0.2, 0.25) is 5.02 Å². The first-order valence-electron chi connectivity index (χ1n) is 7.15. The number of benzene rings is 2. The van der Waals surface area contributed by atoms with Crippen molar-refractivity contribution in [3.63, 3.8) is 0 Å². The molecular weight excluding hydrogens is 313 g/mol. The van der Waals surface area contributed by atoms with Crippen LogP contribution >= 0.6 is 11.6 Å². The molecule has 0 unspecified atom stereocenters. The van der Waals surface area contributed by atoms with E-state index in [2.05, 4.69) is 4.98 Å². The Kier molecular flexibility index (Phi) is 4.30. The zero-order chi connectivity index (χ0) is 16.4. The number of rotatable bonds is 3. The summed E-state index contributed by atoms with van der Waals surface area (Å²) in [7, 11) is 1.61. The van der Waals surface area contributed by atoms with Crippen LogP contribution in [0.5, 0.6) is 5.75 Å². The third-order valence-corrected chi connectivity index (χ3v) is 3.85. The highest BCUT2D eigenvalue weighted by Crippen LogP contribution is 2.40. The number of hydrogen-bond donors (Lipinski definition) is 0. The first-order chi connectivity index (χ1) is 11.1. The number of hydrogen-bond acceptors (Lipinski definition) is 2. The van der Waals surface area contributed by atoms with Gasteiger partial charge in [-0.25, -0.2) is 4.98 Å². The van der Waals surface area contributed by atoms with E-state index in [4.69, 9.17) is 16.3 Å². The molecule has 0 bridgehead atoms. The predicted octanol–water partition coefficient (Wildman–Crippen LogP) is 5.53. The first-order valence-corrected chi connectivity index (χ1v) is 7.53. The third kappa shape index (κ3) is 3.20. The highest BCUT2D eigenvalue weighted by atomic mass is 35.5. The maximum Gasteiger partial charge on any atom is 0.213 e. The van der Waals surface area contributed by atoms with E-state index in [-0.39, 0.29) is 0 Å². The van der Waals surface area contributed by atoms with Gasteiger partial charge in [0.25, 0.3) is 0 Å². The summed E-state index contributed by atoms with van der Waals surface area (Å²) in [5.74, 6) is 0.166. The van der Waals surface area contributed by atoms with Crippen LogP contribution in [0.15, 0.2) is 54.7 Å². The van der Waals surface area contributed by atoms with Crippen molar-refractivity contribution in [2.75, 3.05) is 7.11 Å². The van der Waals surface area contributed by atoms with Gasteiger partial charge in [-0.1, -0.05) is 23.7 Å². The number of nitrogens with zero attached hydrogens (tertiary/aromatic N) is 1. The van der Waals surface area contributed by atoms with E-state index in [0.29, 0.717) is 10.8 Å². The Morgan fingerprint density at radius 1 is 1.00 bits per heavy atom. The van der Waals surface area contributed by atoms with Crippen LogP contribution in [-0.4, -0.2) is 12.1 Å². The monoisotopic (exact) mass is 327 g/mol. The van der Waals surface area contributed by atoms with E-state index >= 15 is 0 Å². The van der Waals surface area contributed by atoms with Crippen LogP contribution in [0.25, 0.3) is 22.3 Å². The molecule has 1 aromatic heterocycles. The molecule has 0 aliphatic heterocycles. The van der Waals surface area contributed by atoms with Gasteiger partial charge in [0, 0.05) is 28.4 Å². The molecule has 0 aliphatic carbocycles. The fourth-order valence-electron chi connectivity index (χ4n) is 2.65. The zero-order valence-electron chi connectivity index (χ0n) is 12.8. The molecular formula is C19H15ClFNO. The standard InChI is InChI=1S/C19H15ClFNO/c1-12-8-16(13-4-3-5-15(20)10-13)19(23-2)17(9-12)14-6-7-22-18(21)11-14/h3-11H,1-2H3. The summed E-state index contributed by atoms with van der Waals surface area (Å²) in [6.45, 7) is 1.99. The molecule has 4 heteroatoms. The fourth-order valence-corrected chi connectivity index (χ4v) is 2.84. The SMILES string of the molecule is COc1c(-c2cccc(Cl)c2)cc(C)cc1-c1ccnc(F)c1. The summed E-state index contributed by atoms with van der Waals surface area (Å²) in [5.41, 5.74) is 4.47. The average Bonchev–Trinajstić information content (AvgIpc) is 2.54. The smallest absolute Gasteiger partial charge is 0.213 e. The van der Waals surface area contributed by atoms with Crippen LogP contribution in [0.1, 0.15) is 5.56 Å². The van der Waals surface area contributed by atoms with Gasteiger partial charge in [0.05, 0.1) is 7.11 Å². The molecule has 0 fully saturated rings. The van der Waals surface area contributed by atoms with Crippen LogP contribution in [0.4, 0.5) is 4.39 Å². The van der Waals surface area contributed by atoms with Crippen molar-refractivity contribution in [1.82, 2.24) is 4.98 Å². The molecule has 0 radical (unpaired) electrons. The van der Waals surface area contributed by atoms with E-state index in [1.807, 2.05) is 43.3 Å². The van der Waals surface area contributed by atoms with Gasteiger partial charge in [0.15, 0.2) is 0 Å². The van der Waals surface area contributed by atoms with Crippen LogP contribution in [0, 0.1) is 12.9 Å². The Morgan fingerprint density at radius 2 is 1.70 bits per heavy atom. The lowest BCUT2D eigenvalue weighted by Crippen LogP contribution is -1.94. The predicted molar refractivity (Wildman–Crippen MR) is 91.4 cm³/mol. The van der Waals surface area contributed by atoms with Crippen LogP contribution < -0.4 is 4.74 Å². The molecule has 3 aromatic rings. The van der Waals surface area contributed by atoms with Crippen LogP contribution in [-0.2, 0) is 0 Å². The van der Waals surface area contributed by atoms with Crippen molar-refractivity contribution in [3.05, 3.63) is 71.3 Å². The maximum atomic E-state index is 13.5. The Morgan fingerprint density at radius 3 is 2.30 bits per heavy atom. The van der Waals surface area contributed by atoms with Crippen molar-refractivity contribution in [2.45, 2.75) is 6.92 Å². The van der Waals surface area contributed by atoms with Gasteiger partial charge < -0.3 is 4.74 Å². The number of pyridine rings is 1. The number of aryl methyl sites for hydroxylation is 1. The molecule has 0 spiro atoms. The largest absolute Gasteiger partial charge is 0.495 e. The summed E-state index contributed by atoms with van der Waals surface area (Å²) in [4.78, 5) is 3.61. The quantitative estimate of drug-likeness (QED) is 0.590. The van der Waals surface area contributed by atoms with Crippen LogP contribution in [0.3, 0.4) is 0 Å². The van der Waals surface area contributed by atoms with E-state index in [1.54, 1.807) is 13.2 Å². The lowest BCUT2D eigenvalue weighted by molar-refractivity contribution is 0.418. The molecule has 0 aliphatic rings. The molecule has 2 aromatic carbocycles. The van der Waals surface area contributed by atoms with Gasteiger partial charge in [-0.3, -0.25) is 0 Å². The maximum absolute atomic E-state index is 13.5. The third-order valence-electron chi connectivity index (χ3n) is 3.61. The molecule has 0 N–H and O–H groups in total. The second-order valence-electron chi connectivity index (χ2n) is 5.27. The van der Waals surface area contributed by atoms with Gasteiger partial charge >= 0.3 is 0 Å². The summed E-state index contributed by atoms with van der Waals surface area (Å²) in [5, 5.41) is 0.655. The Balaban J connectivity index is 2.26. The minimum atomic E-state index is -0.518. The molecule has 0 saturated heterocycles. The first kappa shape index (κ1) is 15.5. The topological polar surface area (TPSA) is 22.1 Å². The van der Waals surface area contributed by atoms with E-state index < -0.39 is 5.95 Å². The lowest BCUT2D eigenvalue weighted by Gasteiger charge is -2.16. The van der Waals surface area contributed by atoms with Crippen molar-refractivity contribution in [2.24, 2.45) is 0 Å². The summed E-state index contributed by atoms with van der Waals surface area (Å²) >= 11 is 6.11. The highest BCUT2D eigenvalue weighted by molar-refractivity contribution is 6.30. The molecule has 2 nitrogen and oxygen atoms in total. The van der Waals surface area contributed by atoms with Crippen molar-refractivity contribution in [1.29, 1.82) is 0 Å². The van der Waals surface area contributed by atoms with Crippen molar-refractivity contribution in [3.8, 4) is 28.0 Å². The van der Waals surface area contributed by atoms with Crippen molar-refractivity contribution >= 4 is 11.6 Å². The molecule has 0 amide bonds. The Bertz CT molecular complexity index is 797. The van der Waals surface area contributed by atoms with Gasteiger partial charge in [-0.2, -0.15) is 4.39 Å².